The number of nitrogens with zero attached hydrogens (tertiary/aromatic N) is 1. The summed E-state index contributed by atoms with van der Waals surface area (Å²) < 4.78 is 80.3. The van der Waals surface area contributed by atoms with E-state index in [1.807, 2.05) is 0 Å². The summed E-state index contributed by atoms with van der Waals surface area (Å²) in [5, 5.41) is 9.77. The van der Waals surface area contributed by atoms with Crippen molar-refractivity contribution in [3.05, 3.63) is 69.3 Å². The van der Waals surface area contributed by atoms with Crippen molar-refractivity contribution in [1.29, 1.82) is 0 Å². The summed E-state index contributed by atoms with van der Waals surface area (Å²) >= 11 is 0. The molecule has 0 amide bonds. The molecule has 3 aromatic rings. The zero-order valence-electron chi connectivity index (χ0n) is 18.6. The number of alkyl halides is 3. The van der Waals surface area contributed by atoms with Crippen molar-refractivity contribution >= 4 is 10.9 Å². The van der Waals surface area contributed by atoms with Gasteiger partial charge in [0.05, 0.1) is 30.3 Å². The number of rotatable bonds is 4. The van der Waals surface area contributed by atoms with Crippen LogP contribution in [0.5, 0.6) is 5.75 Å². The van der Waals surface area contributed by atoms with Gasteiger partial charge in [-0.15, -0.1) is 0 Å². The normalized spacial score (nSPS) is 23.9. The van der Waals surface area contributed by atoms with Gasteiger partial charge in [-0.1, -0.05) is 6.07 Å². The van der Waals surface area contributed by atoms with Crippen LogP contribution in [0, 0.1) is 11.6 Å². The fourth-order valence-corrected chi connectivity index (χ4v) is 4.56. The highest BCUT2D eigenvalue weighted by Crippen LogP contribution is 2.51. The molecule has 0 spiro atoms. The highest BCUT2D eigenvalue weighted by Gasteiger charge is 2.57. The van der Waals surface area contributed by atoms with Crippen LogP contribution >= 0.6 is 0 Å². The van der Waals surface area contributed by atoms with Crippen LogP contribution in [0.4, 0.5) is 22.0 Å². The molecule has 12 heteroatoms. The lowest BCUT2D eigenvalue weighted by Gasteiger charge is -2.44. The summed E-state index contributed by atoms with van der Waals surface area (Å²) in [5.74, 6) is -5.03. The first kappa shape index (κ1) is 25.0. The van der Waals surface area contributed by atoms with E-state index in [1.54, 1.807) is 0 Å². The number of aliphatic hydroxyl groups is 1. The number of hydrogen-bond acceptors (Lipinski definition) is 6. The molecule has 1 aliphatic rings. The predicted molar refractivity (Wildman–Crippen MR) is 115 cm³/mol. The SMILES string of the molecule is COc1c([C@@H]2C[C@](C)(C(F)(F)F)OC[C@H]2c2cc(=O)c3c(C(N)O)nccc3[nH]2)ccc(F)c1F. The van der Waals surface area contributed by atoms with Gasteiger partial charge in [-0.2, -0.15) is 17.6 Å². The van der Waals surface area contributed by atoms with Crippen LogP contribution in [0.25, 0.3) is 10.9 Å². The number of H-pyrrole nitrogens is 1. The number of aliphatic hydroxyl groups excluding tert-OH is 1. The van der Waals surface area contributed by atoms with E-state index < -0.39 is 65.7 Å². The fourth-order valence-electron chi connectivity index (χ4n) is 4.56. The first-order valence-corrected chi connectivity index (χ1v) is 10.6. The van der Waals surface area contributed by atoms with Crippen molar-refractivity contribution in [3.63, 3.8) is 0 Å². The van der Waals surface area contributed by atoms with Gasteiger partial charge in [-0.25, -0.2) is 4.39 Å². The van der Waals surface area contributed by atoms with Gasteiger partial charge in [0, 0.05) is 35.4 Å². The maximum absolute atomic E-state index is 14.5. The molecule has 2 aromatic heterocycles. The number of nitrogens with two attached hydrogens (primary N) is 1. The van der Waals surface area contributed by atoms with E-state index in [2.05, 4.69) is 9.97 Å². The molecule has 1 saturated heterocycles. The third kappa shape index (κ3) is 4.26. The average molecular weight is 499 g/mol. The van der Waals surface area contributed by atoms with E-state index in [9.17, 15) is 31.9 Å². The number of halogens is 5. The molecule has 1 aromatic carbocycles. The van der Waals surface area contributed by atoms with Crippen molar-refractivity contribution in [2.24, 2.45) is 5.73 Å². The second-order valence-corrected chi connectivity index (χ2v) is 8.59. The Morgan fingerprint density at radius 1 is 1.29 bits per heavy atom. The summed E-state index contributed by atoms with van der Waals surface area (Å²) in [4.78, 5) is 19.8. The Morgan fingerprint density at radius 3 is 2.63 bits per heavy atom. The Balaban J connectivity index is 1.90. The molecule has 1 unspecified atom stereocenters. The zero-order chi connectivity index (χ0) is 25.7. The highest BCUT2D eigenvalue weighted by atomic mass is 19.4. The van der Waals surface area contributed by atoms with Crippen LogP contribution in [0.3, 0.4) is 0 Å². The second kappa shape index (κ2) is 8.85. The van der Waals surface area contributed by atoms with E-state index in [4.69, 9.17) is 15.2 Å². The predicted octanol–water partition coefficient (Wildman–Crippen LogP) is 3.77. The summed E-state index contributed by atoms with van der Waals surface area (Å²) in [5.41, 5.74) is 2.70. The standard InChI is InChI=1S/C23H22F5N3O4/c1-22(23(26,27)28)8-11(10-3-4-13(24)18(25)20(10)34-2)12(9-35-22)15-7-16(32)17-14(31-15)5-6-30-19(17)21(29)33/h3-7,11-12,21,33H,8-9,29H2,1-2H3,(H,31,32)/t11-,12+,21?,22+/m0/s1. The average Bonchev–Trinajstić information content (AvgIpc) is 2.79. The Kier molecular flexibility index (Phi) is 6.32. The van der Waals surface area contributed by atoms with E-state index in [0.29, 0.717) is 0 Å². The Bertz CT molecular complexity index is 1330. The topological polar surface area (TPSA) is 110 Å². The number of methoxy groups -OCH3 is 1. The number of ether oxygens (including phenoxy) is 2. The summed E-state index contributed by atoms with van der Waals surface area (Å²) in [7, 11) is 1.09. The molecule has 7 nitrogen and oxygen atoms in total. The smallest absolute Gasteiger partial charge is 0.417 e. The van der Waals surface area contributed by atoms with Gasteiger partial charge in [-0.05, 0) is 25.5 Å². The van der Waals surface area contributed by atoms with Crippen molar-refractivity contribution < 1.29 is 36.5 Å². The maximum atomic E-state index is 14.5. The molecule has 0 bridgehead atoms. The number of pyridine rings is 2. The molecule has 0 aliphatic carbocycles. The van der Waals surface area contributed by atoms with Gasteiger partial charge in [0.1, 0.15) is 6.23 Å². The molecule has 4 rings (SSSR count). The molecule has 0 saturated carbocycles. The Labute approximate surface area is 195 Å². The van der Waals surface area contributed by atoms with E-state index in [1.165, 1.54) is 18.3 Å². The quantitative estimate of drug-likeness (QED) is 0.373. The molecule has 4 N–H and O–H groups in total. The van der Waals surface area contributed by atoms with Gasteiger partial charge in [-0.3, -0.25) is 9.78 Å². The molecule has 1 fully saturated rings. The lowest BCUT2D eigenvalue weighted by atomic mass is 9.74. The molecule has 0 radical (unpaired) electrons. The van der Waals surface area contributed by atoms with Crippen molar-refractivity contribution in [2.45, 2.75) is 43.2 Å². The number of aromatic amines is 1. The number of nitrogens with one attached hydrogen (secondary N) is 1. The van der Waals surface area contributed by atoms with Crippen LogP contribution in [0.1, 0.15) is 48.4 Å². The van der Waals surface area contributed by atoms with Crippen LogP contribution in [-0.2, 0) is 4.74 Å². The zero-order valence-corrected chi connectivity index (χ0v) is 18.6. The van der Waals surface area contributed by atoms with Crippen LogP contribution < -0.4 is 15.9 Å². The molecule has 1 aliphatic heterocycles. The molecule has 4 atom stereocenters. The van der Waals surface area contributed by atoms with E-state index in [-0.39, 0.29) is 27.9 Å². The van der Waals surface area contributed by atoms with Gasteiger partial charge in [0.25, 0.3) is 0 Å². The minimum atomic E-state index is -4.75. The van der Waals surface area contributed by atoms with Crippen molar-refractivity contribution in [3.8, 4) is 5.75 Å². The fraction of sp³-hybridized carbons (Fsp3) is 0.391. The third-order valence-corrected chi connectivity index (χ3v) is 6.43. The first-order chi connectivity index (χ1) is 16.4. The van der Waals surface area contributed by atoms with Crippen molar-refractivity contribution in [1.82, 2.24) is 9.97 Å². The van der Waals surface area contributed by atoms with Gasteiger partial charge < -0.3 is 25.3 Å². The minimum absolute atomic E-state index is 0.00363. The largest absolute Gasteiger partial charge is 0.493 e. The van der Waals surface area contributed by atoms with Crippen LogP contribution in [-0.4, -0.2) is 40.6 Å². The summed E-state index contributed by atoms with van der Waals surface area (Å²) in [6.45, 7) is 0.397. The molecule has 35 heavy (non-hydrogen) atoms. The molecular formula is C23H22F5N3O4. The van der Waals surface area contributed by atoms with E-state index >= 15 is 0 Å². The maximum Gasteiger partial charge on any atom is 0.417 e. The third-order valence-electron chi connectivity index (χ3n) is 6.43. The second-order valence-electron chi connectivity index (χ2n) is 8.59. The van der Waals surface area contributed by atoms with Crippen LogP contribution in [0.15, 0.2) is 35.3 Å². The van der Waals surface area contributed by atoms with Crippen molar-refractivity contribution in [2.75, 3.05) is 13.7 Å². The molecule has 3 heterocycles. The monoisotopic (exact) mass is 499 g/mol. The van der Waals surface area contributed by atoms with Gasteiger partial charge in [0.2, 0.25) is 5.82 Å². The lowest BCUT2D eigenvalue weighted by Crippen LogP contribution is -2.51. The van der Waals surface area contributed by atoms with Gasteiger partial charge >= 0.3 is 6.18 Å². The highest BCUT2D eigenvalue weighted by molar-refractivity contribution is 5.81. The molecule has 188 valence electrons. The number of benzene rings is 1. The molecular weight excluding hydrogens is 477 g/mol. The minimum Gasteiger partial charge on any atom is -0.493 e. The first-order valence-electron chi connectivity index (χ1n) is 10.6. The summed E-state index contributed by atoms with van der Waals surface area (Å²) in [6, 6.07) is 4.58. The lowest BCUT2D eigenvalue weighted by molar-refractivity contribution is -0.286. The van der Waals surface area contributed by atoms with E-state index in [0.717, 1.165) is 26.2 Å². The Morgan fingerprint density at radius 2 is 2.00 bits per heavy atom. The summed E-state index contributed by atoms with van der Waals surface area (Å²) in [6.07, 6.45) is -5.63. The Hall–Kier alpha value is -3.09. The van der Waals surface area contributed by atoms with Crippen LogP contribution in [0.2, 0.25) is 0 Å². The number of hydrogen-bond donors (Lipinski definition) is 3. The number of fused-ring (bicyclic) bond motifs is 1. The number of aromatic nitrogens is 2. The van der Waals surface area contributed by atoms with Gasteiger partial charge in [0.15, 0.2) is 22.6 Å².